The standard InChI is InChI=1S/C27H35N3O13/c31-20(7-4-8-24(36)43-15-16-5-2-1-3-6-16)28-17(25(37)38)9-12-21(32)29-18(26(39)40)10-13-22(33)30-19(27(41)42)11-14-23(34)35/h1-3,5-6,17-19H,4,7-15H2,(H,28,31)(H,29,32)(H,30,33)(H,34,35)(H,37,38)(H,39,40)(H,41,42). The van der Waals surface area contributed by atoms with Gasteiger partial charge in [-0.3, -0.25) is 24.0 Å². The summed E-state index contributed by atoms with van der Waals surface area (Å²) >= 11 is 0. The molecule has 0 spiro atoms. The first-order valence-corrected chi connectivity index (χ1v) is 13.3. The zero-order valence-corrected chi connectivity index (χ0v) is 23.2. The second kappa shape index (κ2) is 19.2. The third-order valence-electron chi connectivity index (χ3n) is 5.89. The Morgan fingerprint density at radius 2 is 1.00 bits per heavy atom. The quantitative estimate of drug-likeness (QED) is 0.0908. The summed E-state index contributed by atoms with van der Waals surface area (Å²) in [6.45, 7) is 0.0741. The molecule has 0 aliphatic heterocycles. The molecule has 0 aliphatic rings. The third kappa shape index (κ3) is 16.1. The van der Waals surface area contributed by atoms with Crippen molar-refractivity contribution in [3.63, 3.8) is 0 Å². The molecule has 0 aliphatic carbocycles. The molecule has 0 fully saturated rings. The van der Waals surface area contributed by atoms with Crippen molar-refractivity contribution in [2.75, 3.05) is 0 Å². The Hall–Kier alpha value is -5.02. The maximum atomic E-state index is 12.3. The average Bonchev–Trinajstić information content (AvgIpc) is 2.94. The molecule has 43 heavy (non-hydrogen) atoms. The van der Waals surface area contributed by atoms with E-state index in [4.69, 9.17) is 14.9 Å². The van der Waals surface area contributed by atoms with Crippen LogP contribution in [-0.2, 0) is 49.7 Å². The van der Waals surface area contributed by atoms with Gasteiger partial charge in [-0.25, -0.2) is 14.4 Å². The molecule has 0 heterocycles. The molecule has 7 N–H and O–H groups in total. The number of benzene rings is 1. The number of hydrogen-bond donors (Lipinski definition) is 7. The first-order chi connectivity index (χ1) is 20.3. The van der Waals surface area contributed by atoms with Crippen molar-refractivity contribution in [1.29, 1.82) is 0 Å². The van der Waals surface area contributed by atoms with Gasteiger partial charge in [0.15, 0.2) is 0 Å². The fraction of sp³-hybridized carbons (Fsp3) is 0.481. The van der Waals surface area contributed by atoms with Crippen LogP contribution in [0, 0.1) is 0 Å². The maximum absolute atomic E-state index is 12.3. The smallest absolute Gasteiger partial charge is 0.326 e. The van der Waals surface area contributed by atoms with Crippen molar-refractivity contribution >= 4 is 47.6 Å². The molecule has 3 amide bonds. The van der Waals surface area contributed by atoms with Crippen LogP contribution in [0.1, 0.15) is 63.4 Å². The molecule has 16 nitrogen and oxygen atoms in total. The van der Waals surface area contributed by atoms with E-state index in [1.807, 2.05) is 6.07 Å². The third-order valence-corrected chi connectivity index (χ3v) is 5.89. The van der Waals surface area contributed by atoms with Crippen molar-refractivity contribution in [3.05, 3.63) is 35.9 Å². The van der Waals surface area contributed by atoms with E-state index in [9.17, 15) is 48.6 Å². The Morgan fingerprint density at radius 3 is 1.42 bits per heavy atom. The van der Waals surface area contributed by atoms with Crippen LogP contribution in [0.25, 0.3) is 0 Å². The number of carboxylic acids is 4. The highest BCUT2D eigenvalue weighted by Crippen LogP contribution is 2.07. The lowest BCUT2D eigenvalue weighted by Crippen LogP contribution is -2.45. The minimum atomic E-state index is -1.57. The molecule has 16 heteroatoms. The summed E-state index contributed by atoms with van der Waals surface area (Å²) in [6.07, 6.45) is -2.91. The van der Waals surface area contributed by atoms with Gasteiger partial charge in [-0.1, -0.05) is 30.3 Å². The molecule has 0 saturated carbocycles. The van der Waals surface area contributed by atoms with E-state index in [2.05, 4.69) is 16.0 Å². The van der Waals surface area contributed by atoms with Crippen LogP contribution >= 0.6 is 0 Å². The molecule has 1 rings (SSSR count). The molecule has 236 valence electrons. The number of aliphatic carboxylic acids is 4. The van der Waals surface area contributed by atoms with Crippen molar-refractivity contribution in [3.8, 4) is 0 Å². The van der Waals surface area contributed by atoms with E-state index in [0.717, 1.165) is 5.56 Å². The van der Waals surface area contributed by atoms with Gasteiger partial charge in [-0.05, 0) is 31.2 Å². The second-order valence-corrected chi connectivity index (χ2v) is 9.38. The van der Waals surface area contributed by atoms with Gasteiger partial charge in [-0.15, -0.1) is 0 Å². The second-order valence-electron chi connectivity index (χ2n) is 9.38. The van der Waals surface area contributed by atoms with Gasteiger partial charge in [-0.2, -0.15) is 0 Å². The lowest BCUT2D eigenvalue weighted by molar-refractivity contribution is -0.146. The lowest BCUT2D eigenvalue weighted by atomic mass is 10.1. The molecule has 3 atom stereocenters. The number of carbonyl (C=O) groups excluding carboxylic acids is 4. The average molecular weight is 610 g/mol. The molecule has 1 aromatic carbocycles. The Bertz CT molecular complexity index is 1160. The summed E-state index contributed by atoms with van der Waals surface area (Å²) in [5.74, 6) is -8.65. The van der Waals surface area contributed by atoms with Crippen LogP contribution in [0.2, 0.25) is 0 Å². The number of amides is 3. The van der Waals surface area contributed by atoms with E-state index in [0.29, 0.717) is 0 Å². The number of ether oxygens (including phenoxy) is 1. The van der Waals surface area contributed by atoms with Crippen LogP contribution in [0.4, 0.5) is 0 Å². The molecule has 1 aromatic rings. The minimum absolute atomic E-state index is 0.0741. The Kier molecular flexibility index (Phi) is 16.0. The van der Waals surface area contributed by atoms with E-state index in [1.54, 1.807) is 24.3 Å². The van der Waals surface area contributed by atoms with E-state index in [-0.39, 0.29) is 32.3 Å². The van der Waals surface area contributed by atoms with Gasteiger partial charge in [0.2, 0.25) is 17.7 Å². The van der Waals surface area contributed by atoms with Crippen molar-refractivity contribution < 1.29 is 63.5 Å². The number of nitrogens with one attached hydrogen (secondary N) is 3. The zero-order chi connectivity index (χ0) is 32.4. The first-order valence-electron chi connectivity index (χ1n) is 13.3. The lowest BCUT2D eigenvalue weighted by Gasteiger charge is -2.18. The molecule has 3 unspecified atom stereocenters. The minimum Gasteiger partial charge on any atom is -0.481 e. The van der Waals surface area contributed by atoms with Gasteiger partial charge < -0.3 is 41.1 Å². The SMILES string of the molecule is O=C(O)CCC(NC(=O)CCC(NC(=O)CCC(NC(=O)CCCC(=O)OCc1ccccc1)C(=O)O)C(=O)O)C(=O)O. The first kappa shape index (κ1) is 36.0. The van der Waals surface area contributed by atoms with Crippen molar-refractivity contribution in [1.82, 2.24) is 16.0 Å². The van der Waals surface area contributed by atoms with Gasteiger partial charge in [0.05, 0.1) is 0 Å². The van der Waals surface area contributed by atoms with E-state index in [1.165, 1.54) is 0 Å². The summed E-state index contributed by atoms with van der Waals surface area (Å²) in [4.78, 5) is 93.2. The maximum Gasteiger partial charge on any atom is 0.326 e. The molecule has 0 radical (unpaired) electrons. The fourth-order valence-corrected chi connectivity index (χ4v) is 3.59. The van der Waals surface area contributed by atoms with Gasteiger partial charge >= 0.3 is 29.8 Å². The van der Waals surface area contributed by atoms with Gasteiger partial charge in [0, 0.05) is 32.1 Å². The van der Waals surface area contributed by atoms with Crippen LogP contribution in [0.3, 0.4) is 0 Å². The summed E-state index contributed by atoms with van der Waals surface area (Å²) in [5.41, 5.74) is 0.793. The predicted molar refractivity (Wildman–Crippen MR) is 144 cm³/mol. The number of carboxylic acid groups (broad SMARTS) is 4. The number of carbonyl (C=O) groups is 8. The van der Waals surface area contributed by atoms with E-state index >= 15 is 0 Å². The number of hydrogen-bond acceptors (Lipinski definition) is 9. The Morgan fingerprint density at radius 1 is 0.581 bits per heavy atom. The van der Waals surface area contributed by atoms with Gasteiger partial charge in [0.25, 0.3) is 0 Å². The Labute approximate surface area is 245 Å². The van der Waals surface area contributed by atoms with Crippen LogP contribution in [0.5, 0.6) is 0 Å². The van der Waals surface area contributed by atoms with E-state index < -0.39 is 97.8 Å². The monoisotopic (exact) mass is 609 g/mol. The summed E-state index contributed by atoms with van der Waals surface area (Å²) < 4.78 is 5.10. The van der Waals surface area contributed by atoms with Gasteiger partial charge in [0.1, 0.15) is 24.7 Å². The van der Waals surface area contributed by atoms with Crippen LogP contribution in [0.15, 0.2) is 30.3 Å². The summed E-state index contributed by atoms with van der Waals surface area (Å²) in [6, 6.07) is 4.40. The highest BCUT2D eigenvalue weighted by Gasteiger charge is 2.26. The van der Waals surface area contributed by atoms with Crippen molar-refractivity contribution in [2.24, 2.45) is 0 Å². The highest BCUT2D eigenvalue weighted by molar-refractivity contribution is 5.87. The molecular formula is C27H35N3O13. The summed E-state index contributed by atoms with van der Waals surface area (Å²) in [5, 5.41) is 43.0. The zero-order valence-electron chi connectivity index (χ0n) is 23.2. The summed E-state index contributed by atoms with van der Waals surface area (Å²) in [7, 11) is 0. The number of rotatable bonds is 21. The highest BCUT2D eigenvalue weighted by atomic mass is 16.5. The normalized spacial score (nSPS) is 12.6. The molecule has 0 aromatic heterocycles. The van der Waals surface area contributed by atoms with Crippen LogP contribution in [-0.4, -0.2) is 86.1 Å². The molecule has 0 saturated heterocycles. The Balaban J connectivity index is 2.46. The fourth-order valence-electron chi connectivity index (χ4n) is 3.59. The van der Waals surface area contributed by atoms with Crippen LogP contribution < -0.4 is 16.0 Å². The van der Waals surface area contributed by atoms with Crippen molar-refractivity contribution in [2.45, 2.75) is 82.5 Å². The number of esters is 1. The molecular weight excluding hydrogens is 574 g/mol. The molecule has 0 bridgehead atoms. The predicted octanol–water partition coefficient (Wildman–Crippen LogP) is 0.0335. The largest absolute Gasteiger partial charge is 0.481 e. The topological polar surface area (TPSA) is 263 Å².